The fourth-order valence-electron chi connectivity index (χ4n) is 2.89. The van der Waals surface area contributed by atoms with E-state index in [1.807, 2.05) is 0 Å². The number of carbonyl (C=O) groups is 2. The van der Waals surface area contributed by atoms with Crippen LogP contribution in [-0.2, 0) is 13.7 Å². The quantitative estimate of drug-likeness (QED) is 0.364. The number of aliphatic hydroxyl groups excluding tert-OH is 2. The third-order valence-corrected chi connectivity index (χ3v) is 9.43. The van der Waals surface area contributed by atoms with Gasteiger partial charge in [0.15, 0.2) is 11.6 Å². The molecule has 0 amide bonds. The predicted octanol–water partition coefficient (Wildman–Crippen LogP) is 2.67. The van der Waals surface area contributed by atoms with E-state index in [-0.39, 0.29) is 16.7 Å². The Morgan fingerprint density at radius 2 is 1.34 bits per heavy atom. The van der Waals surface area contributed by atoms with E-state index in [1.54, 1.807) is 18.2 Å². The smallest absolute Gasteiger partial charge is 0.395 e. The van der Waals surface area contributed by atoms with Gasteiger partial charge in [-0.15, -0.1) is 10.3 Å². The summed E-state index contributed by atoms with van der Waals surface area (Å²) in [5.41, 5.74) is -5.64. The van der Waals surface area contributed by atoms with Crippen LogP contribution in [-0.4, -0.2) is 66.2 Å². The van der Waals surface area contributed by atoms with Crippen LogP contribution >= 0.6 is 10.3 Å². The summed E-state index contributed by atoms with van der Waals surface area (Å²) in [5, 5.41) is 18.6. The third kappa shape index (κ3) is 6.17. The topological polar surface area (TPSA) is 118 Å². The molecule has 2 rings (SSSR count). The standard InChI is InChI=1S/C20H21F3O7S2/c21-20(22,23)32(28,29)30-31(12-10-24,13-11-25)14-18(26)16-8-4-5-9-17(16)19(27)15-6-2-1-3-7-15/h1-9,24-25H,10-14H2. The molecule has 32 heavy (non-hydrogen) atoms. The average Bonchev–Trinajstić information content (AvgIpc) is 2.73. The number of rotatable bonds is 11. The van der Waals surface area contributed by atoms with Crippen LogP contribution in [0.1, 0.15) is 26.3 Å². The van der Waals surface area contributed by atoms with Gasteiger partial charge in [0.2, 0.25) is 0 Å². The van der Waals surface area contributed by atoms with E-state index >= 15 is 0 Å². The minimum absolute atomic E-state index is 0.0244. The van der Waals surface area contributed by atoms with E-state index in [0.717, 1.165) is 0 Å². The van der Waals surface area contributed by atoms with Crippen molar-refractivity contribution < 1.29 is 45.0 Å². The number of alkyl halides is 3. The van der Waals surface area contributed by atoms with Crippen LogP contribution in [0.5, 0.6) is 0 Å². The maximum Gasteiger partial charge on any atom is 0.523 e. The molecule has 0 saturated carbocycles. The van der Waals surface area contributed by atoms with Crippen molar-refractivity contribution in [3.8, 4) is 0 Å². The van der Waals surface area contributed by atoms with Crippen molar-refractivity contribution in [2.45, 2.75) is 5.51 Å². The molecule has 2 aromatic rings. The van der Waals surface area contributed by atoms with Gasteiger partial charge >= 0.3 is 15.6 Å². The van der Waals surface area contributed by atoms with Gasteiger partial charge in [0.1, 0.15) is 0 Å². The molecular formula is C20H21F3O7S2. The van der Waals surface area contributed by atoms with Crippen LogP contribution in [0.4, 0.5) is 13.2 Å². The van der Waals surface area contributed by atoms with E-state index in [4.69, 9.17) is 0 Å². The highest BCUT2D eigenvalue weighted by atomic mass is 32.3. The molecule has 0 aliphatic rings. The number of hydrogen-bond donors (Lipinski definition) is 2. The van der Waals surface area contributed by atoms with Crippen molar-refractivity contribution in [2.24, 2.45) is 0 Å². The number of Topliss-reactive ketones (excluding diaryl/α,β-unsaturated/α-hetero) is 1. The molecule has 0 aliphatic carbocycles. The first-order valence-electron chi connectivity index (χ1n) is 9.19. The normalized spacial score (nSPS) is 13.0. The van der Waals surface area contributed by atoms with Crippen molar-refractivity contribution in [3.63, 3.8) is 0 Å². The Balaban J connectivity index is 2.46. The second-order valence-corrected chi connectivity index (χ2v) is 11.6. The van der Waals surface area contributed by atoms with Crippen molar-refractivity contribution in [1.29, 1.82) is 0 Å². The molecule has 0 fully saturated rings. The molecule has 0 spiro atoms. The molecule has 7 nitrogen and oxygen atoms in total. The lowest BCUT2D eigenvalue weighted by Gasteiger charge is -2.37. The highest BCUT2D eigenvalue weighted by Gasteiger charge is 2.51. The number of benzene rings is 2. The molecule has 0 aliphatic heterocycles. The fourth-order valence-corrected chi connectivity index (χ4v) is 7.24. The highest BCUT2D eigenvalue weighted by Crippen LogP contribution is 2.52. The second-order valence-electron chi connectivity index (χ2n) is 6.60. The van der Waals surface area contributed by atoms with Crippen molar-refractivity contribution >= 4 is 32.0 Å². The zero-order chi connectivity index (χ0) is 24.0. The van der Waals surface area contributed by atoms with Gasteiger partial charge in [-0.05, 0) is 0 Å². The molecule has 0 bridgehead atoms. The third-order valence-electron chi connectivity index (χ3n) is 4.35. The zero-order valence-electron chi connectivity index (χ0n) is 16.6. The Kier molecular flexibility index (Phi) is 8.60. The molecule has 0 saturated heterocycles. The summed E-state index contributed by atoms with van der Waals surface area (Å²) in [6.45, 7) is -1.55. The number of aliphatic hydroxyl groups is 2. The zero-order valence-corrected chi connectivity index (χ0v) is 18.3. The monoisotopic (exact) mass is 494 g/mol. The lowest BCUT2D eigenvalue weighted by atomic mass is 9.96. The van der Waals surface area contributed by atoms with E-state index in [0.29, 0.717) is 0 Å². The van der Waals surface area contributed by atoms with Gasteiger partial charge in [0.25, 0.3) is 0 Å². The maximum atomic E-state index is 13.1. The summed E-state index contributed by atoms with van der Waals surface area (Å²) in [6.07, 6.45) is 0. The van der Waals surface area contributed by atoms with Crippen molar-refractivity contribution in [3.05, 3.63) is 71.3 Å². The minimum Gasteiger partial charge on any atom is -0.395 e. The van der Waals surface area contributed by atoms with Crippen LogP contribution in [0.25, 0.3) is 0 Å². The van der Waals surface area contributed by atoms with Crippen molar-refractivity contribution in [2.75, 3.05) is 30.5 Å². The summed E-state index contributed by atoms with van der Waals surface area (Å²) in [4.78, 5) is 25.9. The van der Waals surface area contributed by atoms with Crippen LogP contribution in [0.15, 0.2) is 54.6 Å². The van der Waals surface area contributed by atoms with Gasteiger partial charge in [-0.3, -0.25) is 9.59 Å². The molecule has 2 N–H and O–H groups in total. The van der Waals surface area contributed by atoms with Crippen LogP contribution in [0, 0.1) is 0 Å². The lowest BCUT2D eigenvalue weighted by molar-refractivity contribution is -0.0496. The minimum atomic E-state index is -6.10. The Morgan fingerprint density at radius 3 is 1.84 bits per heavy atom. The van der Waals surface area contributed by atoms with E-state index in [2.05, 4.69) is 3.63 Å². The van der Waals surface area contributed by atoms with Gasteiger partial charge in [0, 0.05) is 28.2 Å². The van der Waals surface area contributed by atoms with Gasteiger partial charge in [-0.2, -0.15) is 21.6 Å². The Labute approximate surface area is 184 Å². The molecule has 176 valence electrons. The first kappa shape index (κ1) is 26.0. The number of hydrogen-bond acceptors (Lipinski definition) is 7. The lowest BCUT2D eigenvalue weighted by Crippen LogP contribution is -2.33. The second kappa shape index (κ2) is 10.6. The summed E-state index contributed by atoms with van der Waals surface area (Å²) in [5.74, 6) is -3.39. The van der Waals surface area contributed by atoms with E-state index in [9.17, 15) is 41.4 Å². The Morgan fingerprint density at radius 1 is 0.844 bits per heavy atom. The van der Waals surface area contributed by atoms with Gasteiger partial charge in [0.05, 0.1) is 19.0 Å². The van der Waals surface area contributed by atoms with E-state index < -0.39 is 68.0 Å². The Bertz CT molecular complexity index is 1050. The molecule has 0 atom stereocenters. The summed E-state index contributed by atoms with van der Waals surface area (Å²) >= 11 is 0. The molecule has 0 unspecified atom stereocenters. The predicted molar refractivity (Wildman–Crippen MR) is 113 cm³/mol. The molecule has 12 heteroatoms. The fraction of sp³-hybridized carbons (Fsp3) is 0.300. The molecular weight excluding hydrogens is 473 g/mol. The van der Waals surface area contributed by atoms with Gasteiger partial charge in [-0.1, -0.05) is 54.6 Å². The van der Waals surface area contributed by atoms with Gasteiger partial charge in [-0.25, -0.2) is 3.63 Å². The SMILES string of the molecule is O=C(CS(CCO)(CCO)OS(=O)(=O)C(F)(F)F)c1ccccc1C(=O)c1ccccc1. The molecule has 0 heterocycles. The van der Waals surface area contributed by atoms with Crippen molar-refractivity contribution in [1.82, 2.24) is 0 Å². The maximum absolute atomic E-state index is 13.1. The average molecular weight is 495 g/mol. The Hall–Kier alpha value is -2.25. The van der Waals surface area contributed by atoms with Crippen LogP contribution < -0.4 is 0 Å². The number of halogens is 3. The molecule has 2 aromatic carbocycles. The number of ketones is 2. The molecule has 0 radical (unpaired) electrons. The molecule has 0 aromatic heterocycles. The number of carbonyl (C=O) groups excluding carboxylic acids is 2. The van der Waals surface area contributed by atoms with Crippen LogP contribution in [0.2, 0.25) is 0 Å². The van der Waals surface area contributed by atoms with Crippen LogP contribution in [0.3, 0.4) is 0 Å². The highest BCUT2D eigenvalue weighted by molar-refractivity contribution is 8.33. The summed E-state index contributed by atoms with van der Waals surface area (Å²) < 4.78 is 66.5. The van der Waals surface area contributed by atoms with E-state index in [1.165, 1.54) is 36.4 Å². The first-order chi connectivity index (χ1) is 15.0. The van der Waals surface area contributed by atoms with Gasteiger partial charge < -0.3 is 10.2 Å². The largest absolute Gasteiger partial charge is 0.523 e. The summed E-state index contributed by atoms with van der Waals surface area (Å²) in [6, 6.07) is 13.6. The first-order valence-corrected chi connectivity index (χ1v) is 12.7. The summed E-state index contributed by atoms with van der Waals surface area (Å²) in [7, 11) is -9.56.